The largest absolute Gasteiger partial charge is 0.495 e. The third kappa shape index (κ3) is 6.55. The zero-order valence-corrected chi connectivity index (χ0v) is 19.9. The fourth-order valence-electron chi connectivity index (χ4n) is 3.46. The molecule has 1 aromatic heterocycles. The second-order valence-electron chi connectivity index (χ2n) is 8.15. The molecule has 0 unspecified atom stereocenters. The number of hydrogen-bond donors (Lipinski definition) is 3. The van der Waals surface area contributed by atoms with Gasteiger partial charge in [-0.3, -0.25) is 4.79 Å². The number of carbonyl (C=O) groups is 1. The summed E-state index contributed by atoms with van der Waals surface area (Å²) < 4.78 is 5.47. The molecule has 0 atom stereocenters. The Bertz CT molecular complexity index is 1350. The van der Waals surface area contributed by atoms with E-state index in [0.29, 0.717) is 35.4 Å². The molecule has 4 rings (SSSR count). The first-order chi connectivity index (χ1) is 17.0. The van der Waals surface area contributed by atoms with E-state index >= 15 is 0 Å². The lowest BCUT2D eigenvalue weighted by atomic mass is 10.1. The molecule has 178 valence electrons. The Balaban J connectivity index is 1.49. The summed E-state index contributed by atoms with van der Waals surface area (Å²) in [5.74, 6) is 1.43. The van der Waals surface area contributed by atoms with Gasteiger partial charge in [0, 0.05) is 30.2 Å². The molecular formula is C27H28N6O2. The van der Waals surface area contributed by atoms with Crippen molar-refractivity contribution in [1.29, 1.82) is 0 Å². The zero-order chi connectivity index (χ0) is 24.6. The minimum Gasteiger partial charge on any atom is -0.495 e. The monoisotopic (exact) mass is 468 g/mol. The molecule has 0 aliphatic rings. The fraction of sp³-hybridized carbons (Fsp3) is 0.148. The average molecular weight is 469 g/mol. The quantitative estimate of drug-likeness (QED) is 0.292. The normalized spacial score (nSPS) is 11.1. The van der Waals surface area contributed by atoms with Gasteiger partial charge in [0.05, 0.1) is 12.8 Å². The molecule has 3 N–H and O–H groups in total. The van der Waals surface area contributed by atoms with Gasteiger partial charge in [0.15, 0.2) is 0 Å². The van der Waals surface area contributed by atoms with Gasteiger partial charge in [-0.1, -0.05) is 36.4 Å². The first-order valence-electron chi connectivity index (χ1n) is 11.2. The smallest absolute Gasteiger partial charge is 0.248 e. The summed E-state index contributed by atoms with van der Waals surface area (Å²) in [5.41, 5.74) is 2.18. The number of likely N-dealkylation sites (N-methyl/N-ethyl adjacent to an activating group) is 1. The summed E-state index contributed by atoms with van der Waals surface area (Å²) in [6.45, 7) is 0.684. The van der Waals surface area contributed by atoms with Crippen molar-refractivity contribution >= 4 is 45.5 Å². The highest BCUT2D eigenvalue weighted by Crippen LogP contribution is 2.30. The molecule has 0 saturated carbocycles. The number of carbonyl (C=O) groups excluding carboxylic acids is 1. The maximum absolute atomic E-state index is 12.2. The number of rotatable bonds is 9. The number of fused-ring (bicyclic) bond motifs is 1. The van der Waals surface area contributed by atoms with Crippen molar-refractivity contribution in [2.75, 3.05) is 43.7 Å². The molecule has 0 spiro atoms. The minimum atomic E-state index is -0.208. The van der Waals surface area contributed by atoms with Crippen LogP contribution >= 0.6 is 0 Å². The maximum Gasteiger partial charge on any atom is 0.248 e. The lowest BCUT2D eigenvalue weighted by Crippen LogP contribution is -2.13. The molecule has 3 aromatic carbocycles. The van der Waals surface area contributed by atoms with Crippen LogP contribution in [0.2, 0.25) is 0 Å². The highest BCUT2D eigenvalue weighted by atomic mass is 16.5. The maximum atomic E-state index is 12.2. The van der Waals surface area contributed by atoms with E-state index in [-0.39, 0.29) is 5.91 Å². The van der Waals surface area contributed by atoms with Crippen LogP contribution in [0.3, 0.4) is 0 Å². The zero-order valence-electron chi connectivity index (χ0n) is 19.9. The van der Waals surface area contributed by atoms with Crippen LogP contribution in [0.25, 0.3) is 10.8 Å². The first-order valence-corrected chi connectivity index (χ1v) is 11.2. The van der Waals surface area contributed by atoms with Crippen molar-refractivity contribution in [2.45, 2.75) is 0 Å². The van der Waals surface area contributed by atoms with Crippen LogP contribution in [0.5, 0.6) is 5.75 Å². The predicted molar refractivity (Wildman–Crippen MR) is 142 cm³/mol. The SMILES string of the molecule is COc1ccc(NC(=O)/C=C/CN(C)C)cc1Nc1nccc(Nc2ccc3ccccc3c2)n1. The van der Waals surface area contributed by atoms with Crippen molar-refractivity contribution in [3.05, 3.63) is 85.1 Å². The van der Waals surface area contributed by atoms with Crippen LogP contribution < -0.4 is 20.7 Å². The van der Waals surface area contributed by atoms with Crippen LogP contribution in [0.15, 0.2) is 85.1 Å². The predicted octanol–water partition coefficient (Wildman–Crippen LogP) is 5.18. The minimum absolute atomic E-state index is 0.208. The number of hydrogen-bond acceptors (Lipinski definition) is 7. The number of anilines is 5. The number of methoxy groups -OCH3 is 1. The van der Waals surface area contributed by atoms with E-state index in [1.54, 1.807) is 43.6 Å². The van der Waals surface area contributed by atoms with E-state index in [0.717, 1.165) is 11.1 Å². The second kappa shape index (κ2) is 11.1. The number of nitrogens with one attached hydrogen (secondary N) is 3. The molecule has 0 bridgehead atoms. The number of aromatic nitrogens is 2. The summed E-state index contributed by atoms with van der Waals surface area (Å²) >= 11 is 0. The van der Waals surface area contributed by atoms with Gasteiger partial charge in [-0.05, 0) is 61.3 Å². The first kappa shape index (κ1) is 23.7. The van der Waals surface area contributed by atoms with Gasteiger partial charge in [-0.15, -0.1) is 0 Å². The summed E-state index contributed by atoms with van der Waals surface area (Å²) in [7, 11) is 5.47. The molecule has 35 heavy (non-hydrogen) atoms. The number of amides is 1. The topological polar surface area (TPSA) is 91.4 Å². The molecule has 0 fully saturated rings. The lowest BCUT2D eigenvalue weighted by molar-refractivity contribution is -0.111. The standard InChI is InChI=1S/C27H28N6O2/c1-33(2)16-6-9-26(34)30-22-12-13-24(35-3)23(18-22)31-27-28-15-14-25(32-27)29-21-11-10-19-7-4-5-8-20(19)17-21/h4-15,17-18H,16H2,1-3H3,(H,30,34)(H2,28,29,31,32)/b9-6+. The van der Waals surface area contributed by atoms with Gasteiger partial charge in [-0.25, -0.2) is 4.98 Å². The third-order valence-electron chi connectivity index (χ3n) is 5.13. The van der Waals surface area contributed by atoms with Gasteiger partial charge < -0.3 is 25.6 Å². The van der Waals surface area contributed by atoms with Crippen LogP contribution in [0, 0.1) is 0 Å². The van der Waals surface area contributed by atoms with E-state index in [9.17, 15) is 4.79 Å². The molecule has 1 amide bonds. The highest BCUT2D eigenvalue weighted by molar-refractivity contribution is 5.99. The highest BCUT2D eigenvalue weighted by Gasteiger charge is 2.09. The van der Waals surface area contributed by atoms with E-state index in [1.165, 1.54) is 11.5 Å². The lowest BCUT2D eigenvalue weighted by Gasteiger charge is -2.13. The summed E-state index contributed by atoms with van der Waals surface area (Å²) in [6.07, 6.45) is 4.99. The van der Waals surface area contributed by atoms with Gasteiger partial charge in [0.1, 0.15) is 11.6 Å². The molecule has 1 heterocycles. The van der Waals surface area contributed by atoms with Crippen LogP contribution in [0.4, 0.5) is 28.8 Å². The molecule has 0 radical (unpaired) electrons. The fourth-order valence-corrected chi connectivity index (χ4v) is 3.46. The van der Waals surface area contributed by atoms with Crippen molar-refractivity contribution in [1.82, 2.24) is 14.9 Å². The third-order valence-corrected chi connectivity index (χ3v) is 5.13. The van der Waals surface area contributed by atoms with Crippen LogP contribution in [-0.4, -0.2) is 48.5 Å². The summed E-state index contributed by atoms with van der Waals surface area (Å²) in [5, 5.41) is 11.7. The van der Waals surface area contributed by atoms with E-state index < -0.39 is 0 Å². The Morgan fingerprint density at radius 3 is 2.57 bits per heavy atom. The molecule has 8 heteroatoms. The van der Waals surface area contributed by atoms with E-state index in [1.807, 2.05) is 37.2 Å². The Kier molecular flexibility index (Phi) is 7.54. The van der Waals surface area contributed by atoms with Crippen LogP contribution in [0.1, 0.15) is 0 Å². The van der Waals surface area contributed by atoms with Gasteiger partial charge in [0.2, 0.25) is 11.9 Å². The summed E-state index contributed by atoms with van der Waals surface area (Å²) in [6, 6.07) is 21.5. The van der Waals surface area contributed by atoms with Crippen LogP contribution in [-0.2, 0) is 4.79 Å². The molecule has 8 nitrogen and oxygen atoms in total. The molecule has 0 saturated heterocycles. The Morgan fingerprint density at radius 2 is 1.77 bits per heavy atom. The second-order valence-corrected chi connectivity index (χ2v) is 8.15. The number of benzene rings is 3. The van der Waals surface area contributed by atoms with Gasteiger partial charge in [-0.2, -0.15) is 4.98 Å². The average Bonchev–Trinajstić information content (AvgIpc) is 2.84. The molecular weight excluding hydrogens is 440 g/mol. The number of nitrogens with zero attached hydrogens (tertiary/aromatic N) is 3. The van der Waals surface area contributed by atoms with Gasteiger partial charge >= 0.3 is 0 Å². The molecule has 0 aliphatic carbocycles. The van der Waals surface area contributed by atoms with Crippen molar-refractivity contribution in [3.63, 3.8) is 0 Å². The van der Waals surface area contributed by atoms with Crippen molar-refractivity contribution in [3.8, 4) is 5.75 Å². The molecule has 4 aromatic rings. The van der Waals surface area contributed by atoms with Crippen molar-refractivity contribution in [2.24, 2.45) is 0 Å². The van der Waals surface area contributed by atoms with E-state index in [4.69, 9.17) is 4.74 Å². The number of ether oxygens (including phenoxy) is 1. The van der Waals surface area contributed by atoms with Gasteiger partial charge in [0.25, 0.3) is 0 Å². The molecule has 0 aliphatic heterocycles. The van der Waals surface area contributed by atoms with Crippen molar-refractivity contribution < 1.29 is 9.53 Å². The summed E-state index contributed by atoms with van der Waals surface area (Å²) in [4.78, 5) is 23.1. The Labute approximate surface area is 204 Å². The Morgan fingerprint density at radius 1 is 0.971 bits per heavy atom. The van der Waals surface area contributed by atoms with E-state index in [2.05, 4.69) is 50.2 Å². The Hall–Kier alpha value is -4.43.